The molecule has 0 heterocycles. The maximum Gasteiger partial charge on any atom is 0.181 e. The van der Waals surface area contributed by atoms with E-state index in [1.807, 2.05) is 0 Å². The average Bonchev–Trinajstić information content (AvgIpc) is 1.84. The predicted octanol–water partition coefficient (Wildman–Crippen LogP) is -0.461. The molecule has 0 aromatic rings. The number of halogens is 1. The first kappa shape index (κ1) is 7.90. The molecule has 9 heavy (non-hydrogen) atoms. The highest BCUT2D eigenvalue weighted by molar-refractivity contribution is 5.73. The summed E-state index contributed by atoms with van der Waals surface area (Å²) in [5.41, 5.74) is 5.02. The van der Waals surface area contributed by atoms with E-state index < -0.39 is 5.83 Å². The van der Waals surface area contributed by atoms with E-state index in [-0.39, 0.29) is 5.82 Å². The van der Waals surface area contributed by atoms with E-state index in [2.05, 4.69) is 0 Å². The van der Waals surface area contributed by atoms with Gasteiger partial charge in [0.15, 0.2) is 11.6 Å². The van der Waals surface area contributed by atoms with Crippen LogP contribution in [0.2, 0.25) is 0 Å². The number of hydrazine groups is 1. The number of nitrogens with zero attached hydrogens (tertiary/aromatic N) is 1. The molecule has 0 amide bonds. The molecule has 0 aromatic heterocycles. The molecule has 0 saturated heterocycles. The highest BCUT2D eigenvalue weighted by Crippen LogP contribution is 1.96. The zero-order valence-electron chi connectivity index (χ0n) is 5.06. The van der Waals surface area contributed by atoms with Crippen molar-refractivity contribution in [1.29, 1.82) is 5.41 Å². The molecule has 0 atom stereocenters. The van der Waals surface area contributed by atoms with Crippen LogP contribution in [0, 0.1) is 5.41 Å². The SMILES string of the molecule is CN(N)/C(N)=C(\F)C=N. The van der Waals surface area contributed by atoms with Gasteiger partial charge in [0.1, 0.15) is 0 Å². The summed E-state index contributed by atoms with van der Waals surface area (Å²) in [5.74, 6) is 3.94. The first-order valence-electron chi connectivity index (χ1n) is 2.23. The number of allylic oxidation sites excluding steroid dienone is 1. The third kappa shape index (κ3) is 2.09. The normalized spacial score (nSPS) is 12.3. The molecule has 0 unspecified atom stereocenters. The zero-order valence-corrected chi connectivity index (χ0v) is 5.06. The molecule has 0 rings (SSSR count). The summed E-state index contributed by atoms with van der Waals surface area (Å²) in [6.07, 6.45) is 0.499. The second kappa shape index (κ2) is 3.03. The summed E-state index contributed by atoms with van der Waals surface area (Å²) in [4.78, 5) is 0. The lowest BCUT2D eigenvalue weighted by Gasteiger charge is -2.10. The van der Waals surface area contributed by atoms with E-state index in [0.29, 0.717) is 6.21 Å². The molecular formula is C4H9FN4. The van der Waals surface area contributed by atoms with Crippen LogP contribution in [-0.4, -0.2) is 18.3 Å². The van der Waals surface area contributed by atoms with Gasteiger partial charge in [0, 0.05) is 7.05 Å². The van der Waals surface area contributed by atoms with Crippen molar-refractivity contribution >= 4 is 6.21 Å². The summed E-state index contributed by atoms with van der Waals surface area (Å²) in [6, 6.07) is 0. The lowest BCUT2D eigenvalue weighted by Crippen LogP contribution is -2.31. The highest BCUT2D eigenvalue weighted by atomic mass is 19.1. The van der Waals surface area contributed by atoms with Crippen LogP contribution in [0.4, 0.5) is 4.39 Å². The van der Waals surface area contributed by atoms with Crippen LogP contribution in [0.15, 0.2) is 11.6 Å². The third-order valence-corrected chi connectivity index (χ3v) is 0.751. The lowest BCUT2D eigenvalue weighted by molar-refractivity contribution is 0.416. The molecule has 52 valence electrons. The van der Waals surface area contributed by atoms with Crippen LogP contribution in [0.3, 0.4) is 0 Å². The first-order chi connectivity index (χ1) is 4.09. The van der Waals surface area contributed by atoms with E-state index in [0.717, 1.165) is 5.01 Å². The average molecular weight is 132 g/mol. The van der Waals surface area contributed by atoms with E-state index >= 15 is 0 Å². The van der Waals surface area contributed by atoms with Gasteiger partial charge in [0.05, 0.1) is 6.21 Å². The molecule has 0 aromatic carbocycles. The van der Waals surface area contributed by atoms with Gasteiger partial charge in [-0.05, 0) is 0 Å². The maximum absolute atomic E-state index is 12.2. The van der Waals surface area contributed by atoms with E-state index in [9.17, 15) is 4.39 Å². The van der Waals surface area contributed by atoms with Crippen LogP contribution in [-0.2, 0) is 0 Å². The molecule has 0 radical (unpaired) electrons. The Morgan fingerprint density at radius 2 is 2.22 bits per heavy atom. The fourth-order valence-corrected chi connectivity index (χ4v) is 0.242. The Hall–Kier alpha value is -1.10. The Morgan fingerprint density at radius 1 is 1.78 bits per heavy atom. The van der Waals surface area contributed by atoms with Crippen molar-refractivity contribution in [1.82, 2.24) is 5.01 Å². The number of nitrogens with two attached hydrogens (primary N) is 2. The second-order valence-corrected chi connectivity index (χ2v) is 1.49. The van der Waals surface area contributed by atoms with Crippen LogP contribution in [0.1, 0.15) is 0 Å². The summed E-state index contributed by atoms with van der Waals surface area (Å²) in [6.45, 7) is 0. The van der Waals surface area contributed by atoms with Crippen molar-refractivity contribution in [3.05, 3.63) is 11.6 Å². The summed E-state index contributed by atoms with van der Waals surface area (Å²) >= 11 is 0. The van der Waals surface area contributed by atoms with Gasteiger partial charge in [0.2, 0.25) is 0 Å². The highest BCUT2D eigenvalue weighted by Gasteiger charge is 1.99. The van der Waals surface area contributed by atoms with Gasteiger partial charge in [-0.1, -0.05) is 0 Å². The number of hydrogen-bond donors (Lipinski definition) is 3. The fourth-order valence-electron chi connectivity index (χ4n) is 0.242. The number of nitrogens with one attached hydrogen (secondary N) is 1. The first-order valence-corrected chi connectivity index (χ1v) is 2.23. The Balaban J connectivity index is 4.27. The second-order valence-electron chi connectivity index (χ2n) is 1.49. The summed E-state index contributed by atoms with van der Waals surface area (Å²) in [7, 11) is 1.39. The Kier molecular flexibility index (Phi) is 2.66. The summed E-state index contributed by atoms with van der Waals surface area (Å²) < 4.78 is 12.2. The third-order valence-electron chi connectivity index (χ3n) is 0.751. The molecule has 0 bridgehead atoms. The van der Waals surface area contributed by atoms with Gasteiger partial charge in [-0.2, -0.15) is 0 Å². The van der Waals surface area contributed by atoms with Gasteiger partial charge in [-0.25, -0.2) is 10.2 Å². The largest absolute Gasteiger partial charge is 0.382 e. The topological polar surface area (TPSA) is 79.1 Å². The molecule has 0 aliphatic rings. The molecule has 0 fully saturated rings. The van der Waals surface area contributed by atoms with Gasteiger partial charge in [0.25, 0.3) is 0 Å². The van der Waals surface area contributed by atoms with Crippen molar-refractivity contribution in [3.63, 3.8) is 0 Å². The van der Waals surface area contributed by atoms with E-state index in [1.165, 1.54) is 7.05 Å². The van der Waals surface area contributed by atoms with Crippen molar-refractivity contribution in [2.45, 2.75) is 0 Å². The molecule has 5 heteroatoms. The van der Waals surface area contributed by atoms with Crippen molar-refractivity contribution in [3.8, 4) is 0 Å². The Bertz CT molecular complexity index is 140. The van der Waals surface area contributed by atoms with E-state index in [4.69, 9.17) is 17.0 Å². The Labute approximate surface area is 52.4 Å². The lowest BCUT2D eigenvalue weighted by atomic mass is 10.5. The summed E-state index contributed by atoms with van der Waals surface area (Å²) in [5, 5.41) is 7.32. The van der Waals surface area contributed by atoms with E-state index in [1.54, 1.807) is 0 Å². The molecule has 0 aliphatic carbocycles. The molecule has 0 spiro atoms. The number of rotatable bonds is 2. The monoisotopic (exact) mass is 132 g/mol. The molecular weight excluding hydrogens is 123 g/mol. The minimum Gasteiger partial charge on any atom is -0.382 e. The fraction of sp³-hybridized carbons (Fsp3) is 0.250. The van der Waals surface area contributed by atoms with Crippen LogP contribution in [0.25, 0.3) is 0 Å². The minimum absolute atomic E-state index is 0.245. The van der Waals surface area contributed by atoms with Gasteiger partial charge >= 0.3 is 0 Å². The van der Waals surface area contributed by atoms with Gasteiger partial charge < -0.3 is 11.1 Å². The van der Waals surface area contributed by atoms with Gasteiger partial charge in [-0.3, -0.25) is 5.01 Å². The maximum atomic E-state index is 12.2. The molecule has 0 aliphatic heterocycles. The minimum atomic E-state index is -0.833. The van der Waals surface area contributed by atoms with Crippen molar-refractivity contribution in [2.75, 3.05) is 7.05 Å². The molecule has 5 N–H and O–H groups in total. The van der Waals surface area contributed by atoms with Crippen molar-refractivity contribution in [2.24, 2.45) is 11.6 Å². The standard InChI is InChI=1S/C4H9FN4/c1-9(8)4(7)3(5)2-6/h2,6H,7-8H2,1H3/b4-3-,6-2?. The van der Waals surface area contributed by atoms with Crippen LogP contribution in [0.5, 0.6) is 0 Å². The molecule has 0 saturated carbocycles. The van der Waals surface area contributed by atoms with Crippen LogP contribution >= 0.6 is 0 Å². The quantitative estimate of drug-likeness (QED) is 0.270. The van der Waals surface area contributed by atoms with Crippen LogP contribution < -0.4 is 11.6 Å². The van der Waals surface area contributed by atoms with Crippen molar-refractivity contribution < 1.29 is 4.39 Å². The predicted molar refractivity (Wildman–Crippen MR) is 33.1 cm³/mol. The Morgan fingerprint density at radius 3 is 2.33 bits per heavy atom. The molecule has 4 nitrogen and oxygen atoms in total. The number of hydrogen-bond acceptors (Lipinski definition) is 4. The van der Waals surface area contributed by atoms with Gasteiger partial charge in [-0.15, -0.1) is 0 Å². The smallest absolute Gasteiger partial charge is 0.181 e. The zero-order chi connectivity index (χ0) is 7.44.